The van der Waals surface area contributed by atoms with Crippen molar-refractivity contribution in [2.45, 2.75) is 12.2 Å². The third kappa shape index (κ3) is 7.72. The first kappa shape index (κ1) is 21.7. The van der Waals surface area contributed by atoms with E-state index < -0.39 is 0 Å². The molecule has 0 bridgehead atoms. The number of thiazole rings is 1. The minimum atomic E-state index is 0.710. The fourth-order valence-electron chi connectivity index (χ4n) is 2.68. The van der Waals surface area contributed by atoms with E-state index in [-0.39, 0.29) is 0 Å². The molecule has 2 aromatic carbocycles. The highest BCUT2D eigenvalue weighted by atomic mass is 32.2. The highest BCUT2D eigenvalue weighted by Gasteiger charge is 2.06. The van der Waals surface area contributed by atoms with Gasteiger partial charge in [0, 0.05) is 29.0 Å². The SMILES string of the molecule is CN(C)CCCOc1ccc(-c2nc(CSCCOc3ccccc3)cs2)cc1. The van der Waals surface area contributed by atoms with Crippen LogP contribution in [0.4, 0.5) is 0 Å². The highest BCUT2D eigenvalue weighted by molar-refractivity contribution is 7.98. The molecular formula is C23H28N2O2S2. The van der Waals surface area contributed by atoms with E-state index in [1.54, 1.807) is 11.3 Å². The van der Waals surface area contributed by atoms with Crippen LogP contribution >= 0.6 is 23.1 Å². The Bertz CT molecular complexity index is 836. The molecule has 3 aromatic rings. The second-order valence-electron chi connectivity index (χ2n) is 6.89. The van der Waals surface area contributed by atoms with E-state index in [2.05, 4.69) is 36.5 Å². The highest BCUT2D eigenvalue weighted by Crippen LogP contribution is 2.27. The molecular weight excluding hydrogens is 400 g/mol. The average Bonchev–Trinajstić information content (AvgIpc) is 3.21. The molecule has 1 heterocycles. The number of para-hydroxylation sites is 1. The van der Waals surface area contributed by atoms with E-state index in [4.69, 9.17) is 14.5 Å². The molecule has 0 atom stereocenters. The maximum Gasteiger partial charge on any atom is 0.123 e. The molecule has 0 aliphatic carbocycles. The van der Waals surface area contributed by atoms with Gasteiger partial charge in [-0.3, -0.25) is 0 Å². The fraction of sp³-hybridized carbons (Fsp3) is 0.348. The number of hydrogen-bond donors (Lipinski definition) is 0. The zero-order chi connectivity index (χ0) is 20.3. The van der Waals surface area contributed by atoms with Gasteiger partial charge in [0.25, 0.3) is 0 Å². The van der Waals surface area contributed by atoms with Crippen molar-refractivity contribution in [2.75, 3.05) is 39.6 Å². The van der Waals surface area contributed by atoms with Gasteiger partial charge < -0.3 is 14.4 Å². The Morgan fingerprint density at radius 3 is 2.41 bits per heavy atom. The van der Waals surface area contributed by atoms with Crippen molar-refractivity contribution in [1.82, 2.24) is 9.88 Å². The summed E-state index contributed by atoms with van der Waals surface area (Å²) < 4.78 is 11.5. The van der Waals surface area contributed by atoms with Gasteiger partial charge in [-0.1, -0.05) is 18.2 Å². The van der Waals surface area contributed by atoms with Crippen molar-refractivity contribution in [3.63, 3.8) is 0 Å². The smallest absolute Gasteiger partial charge is 0.123 e. The normalized spacial score (nSPS) is 11.0. The van der Waals surface area contributed by atoms with Crippen molar-refractivity contribution in [1.29, 1.82) is 0 Å². The Morgan fingerprint density at radius 1 is 0.931 bits per heavy atom. The van der Waals surface area contributed by atoms with Gasteiger partial charge in [-0.05, 0) is 56.9 Å². The van der Waals surface area contributed by atoms with Gasteiger partial charge in [0.05, 0.1) is 18.9 Å². The molecule has 3 rings (SSSR count). The molecule has 4 nitrogen and oxygen atoms in total. The van der Waals surface area contributed by atoms with E-state index in [0.29, 0.717) is 6.61 Å². The third-order valence-electron chi connectivity index (χ3n) is 4.16. The van der Waals surface area contributed by atoms with E-state index in [1.165, 1.54) is 0 Å². The molecule has 0 radical (unpaired) electrons. The first-order valence-corrected chi connectivity index (χ1v) is 11.8. The molecule has 6 heteroatoms. The minimum absolute atomic E-state index is 0.710. The number of thioether (sulfide) groups is 1. The molecule has 0 fully saturated rings. The Hall–Kier alpha value is -2.02. The summed E-state index contributed by atoms with van der Waals surface area (Å²) in [5.41, 5.74) is 2.26. The number of nitrogens with zero attached hydrogens (tertiary/aromatic N) is 2. The quantitative estimate of drug-likeness (QED) is 0.358. The summed E-state index contributed by atoms with van der Waals surface area (Å²) in [6.45, 7) is 2.49. The molecule has 0 amide bonds. The molecule has 0 saturated carbocycles. The lowest BCUT2D eigenvalue weighted by Gasteiger charge is -2.10. The summed E-state index contributed by atoms with van der Waals surface area (Å²) in [6.07, 6.45) is 1.03. The Labute approximate surface area is 181 Å². The second kappa shape index (κ2) is 11.9. The predicted octanol–water partition coefficient (Wildman–Crippen LogP) is 5.45. The molecule has 0 aliphatic heterocycles. The summed E-state index contributed by atoms with van der Waals surface area (Å²) in [4.78, 5) is 6.94. The molecule has 0 spiro atoms. The Kier molecular flexibility index (Phi) is 8.86. The van der Waals surface area contributed by atoms with E-state index in [9.17, 15) is 0 Å². The fourth-order valence-corrected chi connectivity index (χ4v) is 4.32. The largest absolute Gasteiger partial charge is 0.494 e. The molecule has 29 heavy (non-hydrogen) atoms. The zero-order valence-electron chi connectivity index (χ0n) is 17.0. The molecule has 0 saturated heterocycles. The summed E-state index contributed by atoms with van der Waals surface area (Å²) in [6, 6.07) is 18.2. The lowest BCUT2D eigenvalue weighted by molar-refractivity contribution is 0.281. The number of benzene rings is 2. The summed E-state index contributed by atoms with van der Waals surface area (Å²) in [5, 5.41) is 3.20. The molecule has 0 aliphatic rings. The topological polar surface area (TPSA) is 34.6 Å². The molecule has 0 N–H and O–H groups in total. The van der Waals surface area contributed by atoms with Crippen LogP contribution in [-0.2, 0) is 5.75 Å². The van der Waals surface area contributed by atoms with Gasteiger partial charge in [0.2, 0.25) is 0 Å². The first-order chi connectivity index (χ1) is 14.2. The van der Waals surface area contributed by atoms with Crippen molar-refractivity contribution in [3.8, 4) is 22.1 Å². The van der Waals surface area contributed by atoms with Crippen LogP contribution in [0.25, 0.3) is 10.6 Å². The van der Waals surface area contributed by atoms with Gasteiger partial charge in [0.1, 0.15) is 16.5 Å². The van der Waals surface area contributed by atoms with Gasteiger partial charge in [-0.2, -0.15) is 11.8 Å². The summed E-state index contributed by atoms with van der Waals surface area (Å²) in [5.74, 6) is 3.69. The van der Waals surface area contributed by atoms with Crippen LogP contribution in [0.1, 0.15) is 12.1 Å². The average molecular weight is 429 g/mol. The maximum atomic E-state index is 5.80. The lowest BCUT2D eigenvalue weighted by Crippen LogP contribution is -2.15. The van der Waals surface area contributed by atoms with Gasteiger partial charge in [-0.25, -0.2) is 4.98 Å². The van der Waals surface area contributed by atoms with Crippen molar-refractivity contribution < 1.29 is 9.47 Å². The van der Waals surface area contributed by atoms with Crippen LogP contribution in [0.15, 0.2) is 60.0 Å². The van der Waals surface area contributed by atoms with Crippen LogP contribution in [0.2, 0.25) is 0 Å². The molecule has 1 aromatic heterocycles. The number of rotatable bonds is 12. The number of hydrogen-bond acceptors (Lipinski definition) is 6. The van der Waals surface area contributed by atoms with Crippen molar-refractivity contribution in [2.24, 2.45) is 0 Å². The minimum Gasteiger partial charge on any atom is -0.494 e. The standard InChI is InChI=1S/C23H28N2O2S2/c1-25(2)13-6-14-26-22-11-9-19(10-12-22)23-24-20(18-29-23)17-28-16-15-27-21-7-4-3-5-8-21/h3-5,7-12,18H,6,13-17H2,1-2H3. The third-order valence-corrected chi connectivity index (χ3v) is 6.06. The first-order valence-electron chi connectivity index (χ1n) is 9.78. The summed E-state index contributed by atoms with van der Waals surface area (Å²) >= 11 is 3.54. The van der Waals surface area contributed by atoms with Crippen LogP contribution < -0.4 is 9.47 Å². The Morgan fingerprint density at radius 2 is 1.66 bits per heavy atom. The van der Waals surface area contributed by atoms with Crippen LogP contribution in [0, 0.1) is 0 Å². The van der Waals surface area contributed by atoms with Crippen LogP contribution in [0.3, 0.4) is 0 Å². The monoisotopic (exact) mass is 428 g/mol. The lowest BCUT2D eigenvalue weighted by atomic mass is 10.2. The van der Waals surface area contributed by atoms with E-state index >= 15 is 0 Å². The van der Waals surface area contributed by atoms with Gasteiger partial charge >= 0.3 is 0 Å². The van der Waals surface area contributed by atoms with Crippen molar-refractivity contribution in [3.05, 3.63) is 65.7 Å². The Balaban J connectivity index is 1.38. The predicted molar refractivity (Wildman–Crippen MR) is 124 cm³/mol. The maximum absolute atomic E-state index is 5.80. The second-order valence-corrected chi connectivity index (χ2v) is 8.85. The van der Waals surface area contributed by atoms with E-state index in [0.717, 1.165) is 58.8 Å². The van der Waals surface area contributed by atoms with E-state index in [1.807, 2.05) is 54.2 Å². The van der Waals surface area contributed by atoms with Crippen LogP contribution in [-0.4, -0.2) is 49.5 Å². The zero-order valence-corrected chi connectivity index (χ0v) is 18.7. The molecule has 0 unspecified atom stereocenters. The number of aromatic nitrogens is 1. The molecule has 154 valence electrons. The van der Waals surface area contributed by atoms with Crippen LogP contribution in [0.5, 0.6) is 11.5 Å². The number of ether oxygens (including phenoxy) is 2. The summed E-state index contributed by atoms with van der Waals surface area (Å²) in [7, 11) is 4.15. The van der Waals surface area contributed by atoms with Crippen molar-refractivity contribution >= 4 is 23.1 Å². The van der Waals surface area contributed by atoms with Gasteiger partial charge in [-0.15, -0.1) is 11.3 Å². The van der Waals surface area contributed by atoms with Gasteiger partial charge in [0.15, 0.2) is 0 Å².